The molecule has 0 aromatic carbocycles. The first-order valence-electron chi connectivity index (χ1n) is 9.03. The highest BCUT2D eigenvalue weighted by Gasteiger charge is 2.19. The molecule has 1 aliphatic rings. The summed E-state index contributed by atoms with van der Waals surface area (Å²) >= 11 is 0. The fourth-order valence-electron chi connectivity index (χ4n) is 2.99. The van der Waals surface area contributed by atoms with Crippen molar-refractivity contribution in [3.63, 3.8) is 0 Å². The average molecular weight is 354 g/mol. The van der Waals surface area contributed by atoms with Crippen LogP contribution in [0, 0.1) is 0 Å². The molecule has 7 heteroatoms. The lowest BCUT2D eigenvalue weighted by atomic mass is 10.1. The molecule has 4 heterocycles. The highest BCUT2D eigenvalue weighted by molar-refractivity contribution is 5.46. The Morgan fingerprint density at radius 1 is 1.15 bits per heavy atom. The summed E-state index contributed by atoms with van der Waals surface area (Å²) in [6, 6.07) is 9.64. The van der Waals surface area contributed by atoms with Crippen molar-refractivity contribution in [2.75, 3.05) is 13.2 Å². The lowest BCUT2D eigenvalue weighted by Gasteiger charge is -2.20. The summed E-state index contributed by atoms with van der Waals surface area (Å²) < 4.78 is 16.9. The number of ether oxygens (including phenoxy) is 1. The largest absolute Gasteiger partial charge is 0.462 e. The van der Waals surface area contributed by atoms with Gasteiger partial charge >= 0.3 is 0 Å². The van der Waals surface area contributed by atoms with Crippen molar-refractivity contribution < 1.29 is 13.7 Å². The SMILES string of the molecule is c1ccc(-c2noc(CCNCc3ccc(C4CCCCO4)o3)n2)nc1. The Kier molecular flexibility index (Phi) is 5.37. The van der Waals surface area contributed by atoms with Crippen molar-refractivity contribution in [3.05, 3.63) is 53.9 Å². The van der Waals surface area contributed by atoms with Gasteiger partial charge in [0.15, 0.2) is 0 Å². The molecule has 1 N–H and O–H groups in total. The van der Waals surface area contributed by atoms with Crippen molar-refractivity contribution in [3.8, 4) is 11.5 Å². The van der Waals surface area contributed by atoms with E-state index in [1.807, 2.05) is 30.3 Å². The summed E-state index contributed by atoms with van der Waals surface area (Å²) in [5.74, 6) is 2.95. The molecule has 1 fully saturated rings. The second-order valence-corrected chi connectivity index (χ2v) is 6.31. The van der Waals surface area contributed by atoms with E-state index in [0.29, 0.717) is 30.4 Å². The van der Waals surface area contributed by atoms with Crippen molar-refractivity contribution in [1.29, 1.82) is 0 Å². The number of hydrogen-bond donors (Lipinski definition) is 1. The summed E-state index contributed by atoms with van der Waals surface area (Å²) in [6.45, 7) is 2.21. The van der Waals surface area contributed by atoms with E-state index >= 15 is 0 Å². The molecule has 0 radical (unpaired) electrons. The third-order valence-corrected chi connectivity index (χ3v) is 4.36. The van der Waals surface area contributed by atoms with Crippen LogP contribution < -0.4 is 5.32 Å². The molecule has 136 valence electrons. The number of furan rings is 1. The predicted octanol–water partition coefficient (Wildman–Crippen LogP) is 3.30. The van der Waals surface area contributed by atoms with Crippen LogP contribution in [0.3, 0.4) is 0 Å². The van der Waals surface area contributed by atoms with E-state index in [-0.39, 0.29) is 6.10 Å². The molecule has 0 bridgehead atoms. The zero-order valence-electron chi connectivity index (χ0n) is 14.6. The maximum absolute atomic E-state index is 5.89. The molecule has 1 atom stereocenters. The molecule has 0 aliphatic carbocycles. The van der Waals surface area contributed by atoms with Gasteiger partial charge < -0.3 is 19.0 Å². The fraction of sp³-hybridized carbons (Fsp3) is 0.421. The molecule has 4 rings (SSSR count). The van der Waals surface area contributed by atoms with Gasteiger partial charge in [0, 0.05) is 25.8 Å². The number of rotatable bonds is 7. The zero-order chi connectivity index (χ0) is 17.6. The number of nitrogens with zero attached hydrogens (tertiary/aromatic N) is 3. The van der Waals surface area contributed by atoms with E-state index < -0.39 is 0 Å². The van der Waals surface area contributed by atoms with Crippen LogP contribution in [-0.4, -0.2) is 28.3 Å². The first-order chi connectivity index (χ1) is 12.9. The van der Waals surface area contributed by atoms with Crippen LogP contribution in [0.5, 0.6) is 0 Å². The number of nitrogens with one attached hydrogen (secondary N) is 1. The smallest absolute Gasteiger partial charge is 0.228 e. The standard InChI is InChI=1S/C19H22N4O3/c1-3-10-21-15(5-1)19-22-18(26-23-19)9-11-20-13-14-7-8-17(25-14)16-6-2-4-12-24-16/h1,3,5,7-8,10,16,20H,2,4,6,9,11-13H2. The molecule has 0 saturated carbocycles. The van der Waals surface area contributed by atoms with Gasteiger partial charge in [0.2, 0.25) is 11.7 Å². The van der Waals surface area contributed by atoms with E-state index in [4.69, 9.17) is 13.7 Å². The summed E-state index contributed by atoms with van der Waals surface area (Å²) in [6.07, 6.45) is 5.85. The van der Waals surface area contributed by atoms with Crippen LogP contribution in [-0.2, 0) is 17.7 Å². The van der Waals surface area contributed by atoms with E-state index in [2.05, 4.69) is 20.4 Å². The van der Waals surface area contributed by atoms with Crippen molar-refractivity contribution >= 4 is 0 Å². The van der Waals surface area contributed by atoms with Gasteiger partial charge in [-0.05, 0) is 43.5 Å². The summed E-state index contributed by atoms with van der Waals surface area (Å²) in [5, 5.41) is 7.31. The van der Waals surface area contributed by atoms with Crippen LogP contribution in [0.1, 0.15) is 42.8 Å². The van der Waals surface area contributed by atoms with Crippen LogP contribution >= 0.6 is 0 Å². The maximum Gasteiger partial charge on any atom is 0.228 e. The molecule has 7 nitrogen and oxygen atoms in total. The Hall–Kier alpha value is -2.51. The molecule has 3 aromatic rings. The molecule has 1 saturated heterocycles. The van der Waals surface area contributed by atoms with Crippen LogP contribution in [0.25, 0.3) is 11.5 Å². The third-order valence-electron chi connectivity index (χ3n) is 4.36. The van der Waals surface area contributed by atoms with Gasteiger partial charge in [-0.3, -0.25) is 4.98 Å². The Balaban J connectivity index is 1.23. The van der Waals surface area contributed by atoms with Gasteiger partial charge in [-0.2, -0.15) is 4.98 Å². The molecular weight excluding hydrogens is 332 g/mol. The molecule has 0 spiro atoms. The Bertz CT molecular complexity index is 809. The fourth-order valence-corrected chi connectivity index (χ4v) is 2.99. The summed E-state index contributed by atoms with van der Waals surface area (Å²) in [7, 11) is 0. The van der Waals surface area contributed by atoms with Gasteiger partial charge in [-0.1, -0.05) is 11.2 Å². The minimum Gasteiger partial charge on any atom is -0.462 e. The monoisotopic (exact) mass is 354 g/mol. The predicted molar refractivity (Wildman–Crippen MR) is 94.2 cm³/mol. The van der Waals surface area contributed by atoms with Crippen LogP contribution in [0.15, 0.2) is 45.5 Å². The van der Waals surface area contributed by atoms with Gasteiger partial charge in [-0.25, -0.2) is 0 Å². The number of hydrogen-bond acceptors (Lipinski definition) is 7. The third kappa shape index (κ3) is 4.17. The van der Waals surface area contributed by atoms with Crippen LogP contribution in [0.2, 0.25) is 0 Å². The number of aromatic nitrogens is 3. The first-order valence-corrected chi connectivity index (χ1v) is 9.03. The molecule has 1 unspecified atom stereocenters. The molecular formula is C19H22N4O3. The van der Waals surface area contributed by atoms with Gasteiger partial charge in [0.1, 0.15) is 23.3 Å². The quantitative estimate of drug-likeness (QED) is 0.651. The second-order valence-electron chi connectivity index (χ2n) is 6.31. The normalized spacial score (nSPS) is 17.5. The van der Waals surface area contributed by atoms with Crippen molar-refractivity contribution in [1.82, 2.24) is 20.4 Å². The lowest BCUT2D eigenvalue weighted by Crippen LogP contribution is -2.16. The number of pyridine rings is 1. The zero-order valence-corrected chi connectivity index (χ0v) is 14.6. The van der Waals surface area contributed by atoms with Gasteiger partial charge in [0.05, 0.1) is 6.54 Å². The second kappa shape index (κ2) is 8.25. The first kappa shape index (κ1) is 16.9. The average Bonchev–Trinajstić information content (AvgIpc) is 3.37. The Labute approximate surface area is 151 Å². The molecule has 1 aliphatic heterocycles. The van der Waals surface area contributed by atoms with Gasteiger partial charge in [-0.15, -0.1) is 0 Å². The van der Waals surface area contributed by atoms with E-state index in [1.54, 1.807) is 6.20 Å². The van der Waals surface area contributed by atoms with Crippen molar-refractivity contribution in [2.45, 2.75) is 38.3 Å². The van der Waals surface area contributed by atoms with E-state index in [1.165, 1.54) is 6.42 Å². The maximum atomic E-state index is 5.89. The summed E-state index contributed by atoms with van der Waals surface area (Å²) in [4.78, 5) is 8.59. The van der Waals surface area contributed by atoms with Crippen LogP contribution in [0.4, 0.5) is 0 Å². The molecule has 3 aromatic heterocycles. The summed E-state index contributed by atoms with van der Waals surface area (Å²) in [5.41, 5.74) is 0.712. The lowest BCUT2D eigenvalue weighted by molar-refractivity contribution is 0.00122. The highest BCUT2D eigenvalue weighted by Crippen LogP contribution is 2.28. The van der Waals surface area contributed by atoms with Crippen molar-refractivity contribution in [2.24, 2.45) is 0 Å². The Morgan fingerprint density at radius 3 is 3.00 bits per heavy atom. The minimum atomic E-state index is 0.112. The van der Waals surface area contributed by atoms with Gasteiger partial charge in [0.25, 0.3) is 0 Å². The molecule has 0 amide bonds. The highest BCUT2D eigenvalue weighted by atomic mass is 16.5. The van der Waals surface area contributed by atoms with E-state index in [0.717, 1.165) is 37.5 Å². The van der Waals surface area contributed by atoms with E-state index in [9.17, 15) is 0 Å². The minimum absolute atomic E-state index is 0.112. The topological polar surface area (TPSA) is 86.2 Å². The Morgan fingerprint density at radius 2 is 2.15 bits per heavy atom. The molecule has 26 heavy (non-hydrogen) atoms.